The van der Waals surface area contributed by atoms with Crippen molar-refractivity contribution < 1.29 is 4.74 Å². The van der Waals surface area contributed by atoms with Crippen LogP contribution >= 0.6 is 0 Å². The maximum Gasteiger partial charge on any atom is 0.0826 e. The van der Waals surface area contributed by atoms with Gasteiger partial charge in [-0.05, 0) is 25.4 Å². The van der Waals surface area contributed by atoms with Crippen molar-refractivity contribution in [3.63, 3.8) is 0 Å². The monoisotopic (exact) mass is 299 g/mol. The maximum absolute atomic E-state index is 5.88. The van der Waals surface area contributed by atoms with Gasteiger partial charge in [0.05, 0.1) is 12.7 Å². The molecule has 0 amide bonds. The van der Waals surface area contributed by atoms with Crippen molar-refractivity contribution in [3.05, 3.63) is 0 Å². The summed E-state index contributed by atoms with van der Waals surface area (Å²) in [7, 11) is 2.23. The first kappa shape index (κ1) is 18.9. The van der Waals surface area contributed by atoms with Gasteiger partial charge in [0.1, 0.15) is 0 Å². The highest BCUT2D eigenvalue weighted by atomic mass is 16.5. The van der Waals surface area contributed by atoms with Gasteiger partial charge in [0.15, 0.2) is 0 Å². The Morgan fingerprint density at radius 1 is 1.33 bits per heavy atom. The molecular weight excluding hydrogens is 262 g/mol. The first-order valence-electron chi connectivity index (χ1n) is 8.74. The minimum absolute atomic E-state index is 0.359. The van der Waals surface area contributed by atoms with E-state index in [-0.39, 0.29) is 0 Å². The second kappa shape index (κ2) is 10.5. The highest BCUT2D eigenvalue weighted by Gasteiger charge is 2.20. The molecule has 0 aliphatic carbocycles. The van der Waals surface area contributed by atoms with Crippen LogP contribution in [-0.2, 0) is 4.74 Å². The predicted molar refractivity (Wildman–Crippen MR) is 90.8 cm³/mol. The zero-order valence-electron chi connectivity index (χ0n) is 14.9. The molecule has 0 aromatic rings. The molecule has 1 heterocycles. The maximum atomic E-state index is 5.88. The Morgan fingerprint density at radius 3 is 2.76 bits per heavy atom. The Balaban J connectivity index is 2.16. The van der Waals surface area contributed by atoms with Crippen LogP contribution in [0.5, 0.6) is 0 Å². The van der Waals surface area contributed by atoms with Crippen LogP contribution in [0, 0.1) is 11.8 Å². The standard InChI is InChI=1S/C17H37N3O/c1-6-16(4)11-18-12-17-14-20(9-10-21-17)8-7-19(5)13-15(2)3/h15-18H,6-14H2,1-5H3/t16?,17-/m0/s1. The van der Waals surface area contributed by atoms with Gasteiger partial charge in [-0.3, -0.25) is 4.90 Å². The first-order valence-corrected chi connectivity index (χ1v) is 8.74. The molecule has 4 nitrogen and oxygen atoms in total. The summed E-state index contributed by atoms with van der Waals surface area (Å²) in [6.07, 6.45) is 1.60. The molecule has 0 saturated carbocycles. The van der Waals surface area contributed by atoms with Gasteiger partial charge in [-0.1, -0.05) is 34.1 Å². The lowest BCUT2D eigenvalue weighted by Gasteiger charge is -2.34. The summed E-state index contributed by atoms with van der Waals surface area (Å²) in [5.74, 6) is 1.51. The third-order valence-electron chi connectivity index (χ3n) is 4.26. The molecule has 4 heteroatoms. The zero-order chi connectivity index (χ0) is 15.7. The van der Waals surface area contributed by atoms with E-state index < -0.39 is 0 Å². The van der Waals surface area contributed by atoms with Crippen molar-refractivity contribution in [1.29, 1.82) is 0 Å². The zero-order valence-corrected chi connectivity index (χ0v) is 14.9. The highest BCUT2D eigenvalue weighted by Crippen LogP contribution is 2.06. The Hall–Kier alpha value is -0.160. The van der Waals surface area contributed by atoms with Crippen molar-refractivity contribution >= 4 is 0 Å². The van der Waals surface area contributed by atoms with Crippen molar-refractivity contribution in [2.45, 2.75) is 40.2 Å². The molecule has 1 saturated heterocycles. The lowest BCUT2D eigenvalue weighted by molar-refractivity contribution is -0.0290. The molecular formula is C17H37N3O. The Kier molecular flexibility index (Phi) is 9.49. The second-order valence-electron chi connectivity index (χ2n) is 7.12. The average molecular weight is 300 g/mol. The van der Waals surface area contributed by atoms with Gasteiger partial charge in [-0.15, -0.1) is 0 Å². The Bertz CT molecular complexity index is 260. The van der Waals surface area contributed by atoms with Gasteiger partial charge < -0.3 is 15.0 Å². The SMILES string of the molecule is CCC(C)CNC[C@H]1CN(CCN(C)CC(C)C)CCO1. The van der Waals surface area contributed by atoms with Crippen LogP contribution in [0.3, 0.4) is 0 Å². The van der Waals surface area contributed by atoms with Crippen LogP contribution in [0.25, 0.3) is 0 Å². The lowest BCUT2D eigenvalue weighted by atomic mass is 10.1. The summed E-state index contributed by atoms with van der Waals surface area (Å²) < 4.78 is 5.88. The van der Waals surface area contributed by atoms with Crippen molar-refractivity contribution in [2.24, 2.45) is 11.8 Å². The molecule has 1 N–H and O–H groups in total. The normalized spacial score (nSPS) is 22.1. The van der Waals surface area contributed by atoms with E-state index in [0.717, 1.165) is 57.7 Å². The molecule has 1 aliphatic heterocycles. The quantitative estimate of drug-likeness (QED) is 0.667. The summed E-state index contributed by atoms with van der Waals surface area (Å²) in [5.41, 5.74) is 0. The highest BCUT2D eigenvalue weighted by molar-refractivity contribution is 4.74. The van der Waals surface area contributed by atoms with Crippen molar-refractivity contribution in [1.82, 2.24) is 15.1 Å². The van der Waals surface area contributed by atoms with E-state index in [1.807, 2.05) is 0 Å². The summed E-state index contributed by atoms with van der Waals surface area (Å²) in [4.78, 5) is 4.99. The van der Waals surface area contributed by atoms with E-state index in [1.165, 1.54) is 13.0 Å². The fraction of sp³-hybridized carbons (Fsp3) is 1.00. The fourth-order valence-corrected chi connectivity index (χ4v) is 2.77. The number of rotatable bonds is 10. The average Bonchev–Trinajstić information content (AvgIpc) is 2.44. The summed E-state index contributed by atoms with van der Waals surface area (Å²) in [5, 5.41) is 3.56. The van der Waals surface area contributed by atoms with Crippen molar-refractivity contribution in [3.8, 4) is 0 Å². The van der Waals surface area contributed by atoms with Crippen LogP contribution < -0.4 is 5.32 Å². The molecule has 0 bridgehead atoms. The van der Waals surface area contributed by atoms with Crippen LogP contribution in [-0.4, -0.2) is 75.4 Å². The van der Waals surface area contributed by atoms with E-state index >= 15 is 0 Å². The number of ether oxygens (including phenoxy) is 1. The van der Waals surface area contributed by atoms with Crippen LogP contribution in [0.15, 0.2) is 0 Å². The van der Waals surface area contributed by atoms with Gasteiger partial charge in [0.25, 0.3) is 0 Å². The topological polar surface area (TPSA) is 27.7 Å². The molecule has 21 heavy (non-hydrogen) atoms. The van der Waals surface area contributed by atoms with E-state index in [9.17, 15) is 0 Å². The number of likely N-dealkylation sites (N-methyl/N-ethyl adjacent to an activating group) is 1. The summed E-state index contributed by atoms with van der Waals surface area (Å²) in [6, 6.07) is 0. The Morgan fingerprint density at radius 2 is 2.10 bits per heavy atom. The minimum atomic E-state index is 0.359. The van der Waals surface area contributed by atoms with Gasteiger partial charge in [0, 0.05) is 39.3 Å². The van der Waals surface area contributed by atoms with E-state index in [4.69, 9.17) is 4.74 Å². The first-order chi connectivity index (χ1) is 10.0. The molecule has 0 aromatic heterocycles. The van der Waals surface area contributed by atoms with Gasteiger partial charge in [0.2, 0.25) is 0 Å². The van der Waals surface area contributed by atoms with E-state index in [2.05, 4.69) is 49.9 Å². The van der Waals surface area contributed by atoms with Crippen LogP contribution in [0.4, 0.5) is 0 Å². The van der Waals surface area contributed by atoms with E-state index in [1.54, 1.807) is 0 Å². The largest absolute Gasteiger partial charge is 0.374 e. The smallest absolute Gasteiger partial charge is 0.0826 e. The lowest BCUT2D eigenvalue weighted by Crippen LogP contribution is -2.48. The molecule has 0 aromatic carbocycles. The molecule has 126 valence electrons. The fourth-order valence-electron chi connectivity index (χ4n) is 2.77. The number of morpholine rings is 1. The molecule has 1 rings (SSSR count). The molecule has 1 fully saturated rings. The molecule has 0 radical (unpaired) electrons. The number of hydrogen-bond acceptors (Lipinski definition) is 4. The second-order valence-corrected chi connectivity index (χ2v) is 7.12. The Labute approximate surface area is 132 Å². The number of nitrogens with one attached hydrogen (secondary N) is 1. The number of hydrogen-bond donors (Lipinski definition) is 1. The van der Waals surface area contributed by atoms with E-state index in [0.29, 0.717) is 6.10 Å². The molecule has 1 unspecified atom stereocenters. The summed E-state index contributed by atoms with van der Waals surface area (Å²) >= 11 is 0. The third-order valence-corrected chi connectivity index (χ3v) is 4.26. The minimum Gasteiger partial charge on any atom is -0.374 e. The van der Waals surface area contributed by atoms with Crippen LogP contribution in [0.2, 0.25) is 0 Å². The predicted octanol–water partition coefficient (Wildman–Crippen LogP) is 1.91. The van der Waals surface area contributed by atoms with Gasteiger partial charge in [-0.25, -0.2) is 0 Å². The van der Waals surface area contributed by atoms with Crippen LogP contribution in [0.1, 0.15) is 34.1 Å². The molecule has 0 spiro atoms. The van der Waals surface area contributed by atoms with Crippen molar-refractivity contribution in [2.75, 3.05) is 59.5 Å². The molecule has 2 atom stereocenters. The molecule has 1 aliphatic rings. The third kappa shape index (κ3) is 8.77. The van der Waals surface area contributed by atoms with Gasteiger partial charge >= 0.3 is 0 Å². The number of nitrogens with zero attached hydrogens (tertiary/aromatic N) is 2. The van der Waals surface area contributed by atoms with Gasteiger partial charge in [-0.2, -0.15) is 0 Å². The summed E-state index contributed by atoms with van der Waals surface area (Å²) in [6.45, 7) is 17.7.